The van der Waals surface area contributed by atoms with E-state index >= 15 is 0 Å². The van der Waals surface area contributed by atoms with Gasteiger partial charge in [0.2, 0.25) is 5.95 Å². The first-order chi connectivity index (χ1) is 24.5. The molecule has 0 spiro atoms. The number of anilines is 1. The van der Waals surface area contributed by atoms with E-state index < -0.39 is 36.0 Å². The number of carbonyl (C=O) groups is 1. The molecular formula is C37H38F6N3NaO6. The molecular weight excluding hydrogens is 719 g/mol. The molecule has 0 aliphatic carbocycles. The molecule has 1 aromatic heterocycles. The number of hydrogen-bond acceptors (Lipinski definition) is 9. The zero-order valence-corrected chi connectivity index (χ0v) is 32.2. The van der Waals surface area contributed by atoms with Gasteiger partial charge >= 0.3 is 41.9 Å². The monoisotopic (exact) mass is 757 g/mol. The maximum absolute atomic E-state index is 13.9. The molecule has 0 aliphatic rings. The second-order valence-corrected chi connectivity index (χ2v) is 12.0. The zero-order valence-electron chi connectivity index (χ0n) is 30.2. The van der Waals surface area contributed by atoms with Gasteiger partial charge in [-0.25, -0.2) is 9.97 Å². The molecule has 0 aliphatic heterocycles. The van der Waals surface area contributed by atoms with E-state index in [2.05, 4.69) is 9.97 Å². The van der Waals surface area contributed by atoms with Gasteiger partial charge in [0.05, 0.1) is 51.0 Å². The molecule has 1 heterocycles. The Labute approximate surface area is 325 Å². The normalized spacial score (nSPS) is 11.5. The Morgan fingerprint density at radius 3 is 1.96 bits per heavy atom. The van der Waals surface area contributed by atoms with Crippen LogP contribution in [0.3, 0.4) is 0 Å². The minimum atomic E-state index is -5.05. The Bertz CT molecular complexity index is 1810. The van der Waals surface area contributed by atoms with Gasteiger partial charge in [0.25, 0.3) is 0 Å². The standard InChI is InChI=1S/C37H39F6N3O6.Na/c1-6-51-33-17-29(30-14-24(22(2)3)9-10-31(30)49-4)25(15-32(33)50-5)21-46(35-44-18-28(19-45-35)52-11-7-8-34(47)48)20-23-12-26(36(38,39)40)16-27(13-23)37(41,42)43;/h9-10,12-19,22H,6-8,11,20-21H2,1-5H3,(H,47,48);/q;+1/p-1. The summed E-state index contributed by atoms with van der Waals surface area (Å²) in [5, 5.41) is 10.7. The number of rotatable bonds is 16. The van der Waals surface area contributed by atoms with Crippen LogP contribution in [0, 0.1) is 0 Å². The summed E-state index contributed by atoms with van der Waals surface area (Å²) in [6, 6.07) is 10.5. The smallest absolute Gasteiger partial charge is 0.550 e. The fraction of sp³-hybridized carbons (Fsp3) is 0.378. The topological polar surface area (TPSA) is 106 Å². The van der Waals surface area contributed by atoms with Crippen LogP contribution in [0.2, 0.25) is 0 Å². The Morgan fingerprint density at radius 1 is 0.811 bits per heavy atom. The first-order valence-electron chi connectivity index (χ1n) is 16.2. The molecule has 4 rings (SSSR count). The minimum Gasteiger partial charge on any atom is -0.550 e. The maximum atomic E-state index is 13.9. The molecule has 16 heteroatoms. The van der Waals surface area contributed by atoms with Crippen molar-refractivity contribution in [3.05, 3.63) is 88.7 Å². The fourth-order valence-corrected chi connectivity index (χ4v) is 5.39. The van der Waals surface area contributed by atoms with Crippen molar-refractivity contribution in [1.82, 2.24) is 9.97 Å². The number of hydrogen-bond donors (Lipinski definition) is 0. The number of aromatic nitrogens is 2. The summed E-state index contributed by atoms with van der Waals surface area (Å²) in [7, 11) is 2.95. The van der Waals surface area contributed by atoms with Gasteiger partial charge in [-0.05, 0) is 90.4 Å². The first-order valence-corrected chi connectivity index (χ1v) is 16.2. The van der Waals surface area contributed by atoms with Crippen molar-refractivity contribution in [3.63, 3.8) is 0 Å². The molecule has 0 radical (unpaired) electrons. The van der Waals surface area contributed by atoms with Gasteiger partial charge in [0, 0.05) is 24.6 Å². The Hall–Kier alpha value is -4.21. The molecule has 0 saturated heterocycles. The summed E-state index contributed by atoms with van der Waals surface area (Å²) in [6.45, 7) is 5.55. The van der Waals surface area contributed by atoms with Crippen molar-refractivity contribution in [2.45, 2.75) is 65.0 Å². The van der Waals surface area contributed by atoms with Crippen LogP contribution in [0.25, 0.3) is 11.1 Å². The molecule has 0 fully saturated rings. The number of carbonyl (C=O) groups excluding carboxylic acids is 1. The van der Waals surface area contributed by atoms with Crippen molar-refractivity contribution in [2.24, 2.45) is 0 Å². The average Bonchev–Trinajstić information content (AvgIpc) is 3.09. The number of halogens is 6. The van der Waals surface area contributed by atoms with Crippen LogP contribution in [0.1, 0.15) is 67.3 Å². The quantitative estimate of drug-likeness (QED) is 0.0903. The second-order valence-electron chi connectivity index (χ2n) is 12.0. The molecule has 0 bridgehead atoms. The number of alkyl halides is 6. The summed E-state index contributed by atoms with van der Waals surface area (Å²) < 4.78 is 106. The Kier molecular flexibility index (Phi) is 15.2. The minimum absolute atomic E-state index is 0. The largest absolute Gasteiger partial charge is 1.00 e. The summed E-state index contributed by atoms with van der Waals surface area (Å²) >= 11 is 0. The molecule has 0 amide bonds. The summed E-state index contributed by atoms with van der Waals surface area (Å²) in [5.41, 5.74) is -0.446. The Balaban J connectivity index is 0.00000756. The van der Waals surface area contributed by atoms with Gasteiger partial charge in [-0.1, -0.05) is 19.9 Å². The predicted octanol–water partition coefficient (Wildman–Crippen LogP) is 4.84. The predicted molar refractivity (Wildman–Crippen MR) is 178 cm³/mol. The molecule has 4 aromatic rings. The van der Waals surface area contributed by atoms with Gasteiger partial charge in [-0.15, -0.1) is 0 Å². The van der Waals surface area contributed by atoms with Crippen LogP contribution in [-0.2, 0) is 30.2 Å². The Morgan fingerprint density at radius 2 is 1.43 bits per heavy atom. The van der Waals surface area contributed by atoms with E-state index in [1.165, 1.54) is 31.5 Å². The molecule has 0 saturated carbocycles. The number of ether oxygens (including phenoxy) is 4. The molecule has 0 unspecified atom stereocenters. The fourth-order valence-electron chi connectivity index (χ4n) is 5.39. The van der Waals surface area contributed by atoms with Crippen LogP contribution in [0.15, 0.2) is 60.9 Å². The van der Waals surface area contributed by atoms with Crippen molar-refractivity contribution in [3.8, 4) is 34.1 Å². The number of nitrogens with zero attached hydrogens (tertiary/aromatic N) is 3. The summed E-state index contributed by atoms with van der Waals surface area (Å²) in [5.74, 6) is 0.249. The maximum Gasteiger partial charge on any atom is 1.00 e. The molecule has 0 atom stereocenters. The molecule has 280 valence electrons. The third-order valence-electron chi connectivity index (χ3n) is 7.94. The first kappa shape index (κ1) is 43.2. The number of methoxy groups -OCH3 is 2. The summed E-state index contributed by atoms with van der Waals surface area (Å²) in [4.78, 5) is 20.8. The zero-order chi connectivity index (χ0) is 38.2. The van der Waals surface area contributed by atoms with Gasteiger partial charge < -0.3 is 33.7 Å². The van der Waals surface area contributed by atoms with E-state index in [4.69, 9.17) is 18.9 Å². The van der Waals surface area contributed by atoms with Gasteiger partial charge in [0.1, 0.15) is 5.75 Å². The number of carboxylic acids is 1. The molecule has 0 N–H and O–H groups in total. The molecule has 53 heavy (non-hydrogen) atoms. The third kappa shape index (κ3) is 11.6. The number of benzene rings is 3. The van der Waals surface area contributed by atoms with Crippen molar-refractivity contribution >= 4 is 11.9 Å². The van der Waals surface area contributed by atoms with Crippen molar-refractivity contribution in [1.29, 1.82) is 0 Å². The molecule has 3 aromatic carbocycles. The van der Waals surface area contributed by atoms with Gasteiger partial charge in [-0.3, -0.25) is 0 Å². The number of aliphatic carboxylic acids is 1. The summed E-state index contributed by atoms with van der Waals surface area (Å²) in [6.07, 6.45) is -7.65. The van der Waals surface area contributed by atoms with Gasteiger partial charge in [0.15, 0.2) is 17.2 Å². The molecule has 9 nitrogen and oxygen atoms in total. The van der Waals surface area contributed by atoms with Crippen LogP contribution < -0.4 is 58.5 Å². The van der Waals surface area contributed by atoms with Crippen molar-refractivity contribution < 1.29 is 84.7 Å². The van der Waals surface area contributed by atoms with E-state index in [1.54, 1.807) is 19.1 Å². The van der Waals surface area contributed by atoms with Crippen LogP contribution >= 0.6 is 0 Å². The third-order valence-corrected chi connectivity index (χ3v) is 7.94. The van der Waals surface area contributed by atoms with E-state index in [0.29, 0.717) is 52.7 Å². The van der Waals surface area contributed by atoms with Crippen LogP contribution in [0.4, 0.5) is 32.3 Å². The van der Waals surface area contributed by atoms with E-state index in [9.17, 15) is 36.2 Å². The van der Waals surface area contributed by atoms with Gasteiger partial charge in [-0.2, -0.15) is 26.3 Å². The second kappa shape index (κ2) is 18.7. The number of carboxylic acid groups (broad SMARTS) is 1. The van der Waals surface area contributed by atoms with E-state index in [0.717, 1.165) is 5.56 Å². The van der Waals surface area contributed by atoms with E-state index in [-0.39, 0.29) is 84.8 Å². The van der Waals surface area contributed by atoms with E-state index in [1.807, 2.05) is 32.0 Å². The average molecular weight is 758 g/mol. The van der Waals surface area contributed by atoms with Crippen molar-refractivity contribution in [2.75, 3.05) is 32.3 Å². The van der Waals surface area contributed by atoms with Crippen LogP contribution in [-0.4, -0.2) is 43.4 Å². The van der Waals surface area contributed by atoms with Crippen LogP contribution in [0.5, 0.6) is 23.0 Å². The SMILES string of the molecule is CCOc1cc(-c2cc(C(C)C)ccc2OC)c(CN(Cc2cc(C(F)(F)F)cc(C(F)(F)F)c2)c2ncc(OCCCC(=O)[O-])cn2)cc1OC.[Na+].